The van der Waals surface area contributed by atoms with Crippen LogP contribution in [0.5, 0.6) is 11.5 Å². The Hall–Kier alpha value is -4.50. The van der Waals surface area contributed by atoms with E-state index in [1.807, 2.05) is 49.4 Å². The van der Waals surface area contributed by atoms with Crippen LogP contribution >= 0.6 is 11.3 Å². The molecule has 0 saturated heterocycles. The summed E-state index contributed by atoms with van der Waals surface area (Å²) < 4.78 is 32.4. The molecule has 210 valence electrons. The van der Waals surface area contributed by atoms with Gasteiger partial charge >= 0.3 is 5.97 Å². The summed E-state index contributed by atoms with van der Waals surface area (Å²) in [4.78, 5) is 31.9. The van der Waals surface area contributed by atoms with Crippen LogP contribution in [0.3, 0.4) is 0 Å². The maximum atomic E-state index is 13.8. The Bertz CT molecular complexity index is 1780. The zero-order valence-corrected chi connectivity index (χ0v) is 23.7. The molecule has 1 aromatic heterocycles. The van der Waals surface area contributed by atoms with Crippen LogP contribution in [0.25, 0.3) is 6.08 Å². The van der Waals surface area contributed by atoms with Crippen LogP contribution in [0.2, 0.25) is 0 Å². The summed E-state index contributed by atoms with van der Waals surface area (Å²) in [5, 5.41) is 0. The summed E-state index contributed by atoms with van der Waals surface area (Å²) in [6.07, 6.45) is 1.78. The minimum Gasteiger partial charge on any atom is -0.490 e. The third-order valence-electron chi connectivity index (χ3n) is 6.51. The Balaban J connectivity index is 1.53. The van der Waals surface area contributed by atoms with Gasteiger partial charge in [-0.1, -0.05) is 59.9 Å². The van der Waals surface area contributed by atoms with E-state index in [-0.39, 0.29) is 24.6 Å². The molecule has 0 amide bonds. The zero-order chi connectivity index (χ0) is 28.9. The topological polar surface area (TPSA) is 79.1 Å². The smallest absolute Gasteiger partial charge is 0.338 e. The van der Waals surface area contributed by atoms with Crippen molar-refractivity contribution in [1.29, 1.82) is 0 Å². The van der Waals surface area contributed by atoms with Crippen molar-refractivity contribution in [1.82, 2.24) is 4.57 Å². The van der Waals surface area contributed by atoms with E-state index in [4.69, 9.17) is 14.2 Å². The van der Waals surface area contributed by atoms with E-state index in [2.05, 4.69) is 4.99 Å². The number of allylic oxidation sites excluding steroid dienone is 1. The number of nitrogens with zero attached hydrogens (tertiary/aromatic N) is 2. The Labute approximate surface area is 240 Å². The summed E-state index contributed by atoms with van der Waals surface area (Å²) in [5.41, 5.74) is 2.96. The molecule has 1 atom stereocenters. The molecule has 0 fully saturated rings. The van der Waals surface area contributed by atoms with Gasteiger partial charge in [0.15, 0.2) is 16.3 Å². The lowest BCUT2D eigenvalue weighted by Gasteiger charge is -2.24. The van der Waals surface area contributed by atoms with Gasteiger partial charge in [-0.25, -0.2) is 14.2 Å². The molecule has 0 unspecified atom stereocenters. The van der Waals surface area contributed by atoms with E-state index in [0.717, 1.165) is 16.7 Å². The van der Waals surface area contributed by atoms with E-state index in [1.54, 1.807) is 42.7 Å². The molecule has 2 heterocycles. The standard InChI is InChI=1S/C32H29FN2O5S/c1-4-38-26-17-22(13-16-25(26)40-19-21-11-14-24(33)15-12-21)18-27-30(36)35-29(23-9-7-6-8-10-23)28(31(37)39-5-2)20(3)34-32(35)41-27/h6-18,29H,4-5,19H2,1-3H3/b27-18+/t29-/m1/s1. The molecular formula is C32H29FN2O5S. The number of esters is 1. The predicted octanol–water partition coefficient (Wildman–Crippen LogP) is 4.92. The molecule has 0 aliphatic carbocycles. The average molecular weight is 573 g/mol. The molecule has 1 aliphatic rings. The highest BCUT2D eigenvalue weighted by molar-refractivity contribution is 7.07. The summed E-state index contributed by atoms with van der Waals surface area (Å²) in [5.74, 6) is 0.266. The lowest BCUT2D eigenvalue weighted by molar-refractivity contribution is -0.139. The summed E-state index contributed by atoms with van der Waals surface area (Å²) >= 11 is 1.26. The van der Waals surface area contributed by atoms with Gasteiger partial charge in [0.05, 0.1) is 35.1 Å². The molecule has 3 aromatic carbocycles. The van der Waals surface area contributed by atoms with Gasteiger partial charge in [0.2, 0.25) is 0 Å². The van der Waals surface area contributed by atoms with Gasteiger partial charge in [-0.05, 0) is 67.8 Å². The Morgan fingerprint density at radius 3 is 2.46 bits per heavy atom. The molecule has 41 heavy (non-hydrogen) atoms. The third-order valence-corrected chi connectivity index (χ3v) is 7.49. The highest BCUT2D eigenvalue weighted by Gasteiger charge is 2.33. The van der Waals surface area contributed by atoms with Crippen molar-refractivity contribution in [3.63, 3.8) is 0 Å². The second-order valence-electron chi connectivity index (χ2n) is 9.27. The van der Waals surface area contributed by atoms with Gasteiger partial charge in [0.25, 0.3) is 5.56 Å². The molecule has 0 bridgehead atoms. The van der Waals surface area contributed by atoms with Crippen molar-refractivity contribution in [2.75, 3.05) is 13.2 Å². The molecule has 0 spiro atoms. The highest BCUT2D eigenvalue weighted by Crippen LogP contribution is 2.31. The van der Waals surface area contributed by atoms with E-state index in [1.165, 1.54) is 23.5 Å². The highest BCUT2D eigenvalue weighted by atomic mass is 32.1. The Kier molecular flexibility index (Phi) is 8.45. The fraction of sp³-hybridized carbons (Fsp3) is 0.219. The van der Waals surface area contributed by atoms with E-state index in [0.29, 0.717) is 38.7 Å². The van der Waals surface area contributed by atoms with Crippen molar-refractivity contribution in [3.8, 4) is 11.5 Å². The number of fused-ring (bicyclic) bond motifs is 1. The van der Waals surface area contributed by atoms with Crippen LogP contribution in [0.4, 0.5) is 4.39 Å². The largest absolute Gasteiger partial charge is 0.490 e. The van der Waals surface area contributed by atoms with E-state index < -0.39 is 12.0 Å². The second kappa shape index (κ2) is 12.3. The molecule has 7 nitrogen and oxygen atoms in total. The van der Waals surface area contributed by atoms with E-state index >= 15 is 0 Å². The molecule has 9 heteroatoms. The summed E-state index contributed by atoms with van der Waals surface area (Å²) in [6.45, 7) is 6.27. The summed E-state index contributed by atoms with van der Waals surface area (Å²) in [6, 6.07) is 20.3. The van der Waals surface area contributed by atoms with Gasteiger partial charge in [0.1, 0.15) is 12.4 Å². The van der Waals surface area contributed by atoms with E-state index in [9.17, 15) is 14.0 Å². The maximum absolute atomic E-state index is 13.8. The van der Waals surface area contributed by atoms with Gasteiger partial charge in [-0.3, -0.25) is 9.36 Å². The minimum absolute atomic E-state index is 0.216. The summed E-state index contributed by atoms with van der Waals surface area (Å²) in [7, 11) is 0. The number of rotatable bonds is 9. The number of carbonyl (C=O) groups excluding carboxylic acids is 1. The number of hydrogen-bond donors (Lipinski definition) is 0. The molecule has 1 aliphatic heterocycles. The third kappa shape index (κ3) is 6.00. The molecule has 5 rings (SSSR count). The van der Waals surface area contributed by atoms with Gasteiger partial charge in [0, 0.05) is 0 Å². The first-order valence-corrected chi connectivity index (χ1v) is 14.1. The number of thiazole rings is 1. The monoisotopic (exact) mass is 572 g/mol. The van der Waals surface area contributed by atoms with Crippen LogP contribution in [-0.2, 0) is 16.1 Å². The Morgan fingerprint density at radius 1 is 1.00 bits per heavy atom. The predicted molar refractivity (Wildman–Crippen MR) is 155 cm³/mol. The fourth-order valence-corrected chi connectivity index (χ4v) is 5.68. The number of carbonyl (C=O) groups is 1. The second-order valence-corrected chi connectivity index (χ2v) is 10.3. The van der Waals surface area contributed by atoms with Crippen molar-refractivity contribution in [2.45, 2.75) is 33.4 Å². The lowest BCUT2D eigenvalue weighted by atomic mass is 9.96. The molecule has 0 radical (unpaired) electrons. The first-order chi connectivity index (χ1) is 19.9. The van der Waals surface area contributed by atoms with Crippen molar-refractivity contribution in [3.05, 3.63) is 126 Å². The normalized spacial score (nSPS) is 14.8. The number of benzene rings is 3. The maximum Gasteiger partial charge on any atom is 0.338 e. The van der Waals surface area contributed by atoms with Gasteiger partial charge in [-0.15, -0.1) is 0 Å². The zero-order valence-electron chi connectivity index (χ0n) is 22.9. The molecule has 0 saturated carbocycles. The fourth-order valence-electron chi connectivity index (χ4n) is 4.64. The Morgan fingerprint density at radius 2 is 1.76 bits per heavy atom. The van der Waals surface area contributed by atoms with Crippen LogP contribution in [0, 0.1) is 5.82 Å². The average Bonchev–Trinajstić information content (AvgIpc) is 3.27. The number of hydrogen-bond acceptors (Lipinski definition) is 7. The first kappa shape index (κ1) is 28.0. The lowest BCUT2D eigenvalue weighted by Crippen LogP contribution is -2.39. The molecule has 0 N–H and O–H groups in total. The van der Waals surface area contributed by atoms with Crippen LogP contribution in [0.15, 0.2) is 93.9 Å². The minimum atomic E-state index is -0.658. The first-order valence-electron chi connectivity index (χ1n) is 13.3. The van der Waals surface area contributed by atoms with Crippen molar-refractivity contribution in [2.24, 2.45) is 4.99 Å². The van der Waals surface area contributed by atoms with Crippen molar-refractivity contribution >= 4 is 23.4 Å². The van der Waals surface area contributed by atoms with Gasteiger partial charge < -0.3 is 14.2 Å². The number of ether oxygens (including phenoxy) is 3. The van der Waals surface area contributed by atoms with Crippen molar-refractivity contribution < 1.29 is 23.4 Å². The quantitative estimate of drug-likeness (QED) is 0.266. The molecular weight excluding hydrogens is 543 g/mol. The SMILES string of the molecule is CCOC(=O)C1=C(C)N=c2s/c(=C/c3ccc(OCc4ccc(F)cc4)c(OCC)c3)c(=O)n2[C@@H]1c1ccccc1. The van der Waals surface area contributed by atoms with Gasteiger partial charge in [-0.2, -0.15) is 0 Å². The van der Waals surface area contributed by atoms with Crippen LogP contribution < -0.4 is 24.4 Å². The van der Waals surface area contributed by atoms with Crippen LogP contribution in [0.1, 0.15) is 43.5 Å². The van der Waals surface area contributed by atoms with Crippen LogP contribution in [-0.4, -0.2) is 23.8 Å². The number of aromatic nitrogens is 1. The molecule has 4 aromatic rings. The number of halogens is 1.